The number of piperidine rings is 1. The van der Waals surface area contributed by atoms with E-state index in [-0.39, 0.29) is 16.6 Å². The third-order valence-electron chi connectivity index (χ3n) is 4.76. The van der Waals surface area contributed by atoms with E-state index in [2.05, 4.69) is 15.1 Å². The molecule has 9 heteroatoms. The Bertz CT molecular complexity index is 1080. The molecule has 1 fully saturated rings. The van der Waals surface area contributed by atoms with Gasteiger partial charge in [-0.25, -0.2) is 17.8 Å². The van der Waals surface area contributed by atoms with E-state index in [0.29, 0.717) is 36.2 Å². The second kappa shape index (κ2) is 7.31. The molecular weight excluding hydrogens is 383 g/mol. The minimum absolute atomic E-state index is 0.0372. The summed E-state index contributed by atoms with van der Waals surface area (Å²) in [5, 5.41) is 4.01. The first-order chi connectivity index (χ1) is 13.4. The van der Waals surface area contributed by atoms with Crippen LogP contribution in [0.2, 0.25) is 0 Å². The smallest absolute Gasteiger partial charge is 0.231 e. The van der Waals surface area contributed by atoms with E-state index in [1.165, 1.54) is 18.4 Å². The number of rotatable bonds is 4. The molecule has 2 aromatic heterocycles. The van der Waals surface area contributed by atoms with Crippen LogP contribution in [0.5, 0.6) is 0 Å². The van der Waals surface area contributed by atoms with E-state index in [9.17, 15) is 12.8 Å². The molecule has 4 rings (SSSR count). The number of aromatic nitrogens is 3. The van der Waals surface area contributed by atoms with Crippen molar-refractivity contribution in [3.63, 3.8) is 0 Å². The Morgan fingerprint density at radius 3 is 2.75 bits per heavy atom. The van der Waals surface area contributed by atoms with Gasteiger partial charge in [0, 0.05) is 31.1 Å². The van der Waals surface area contributed by atoms with Crippen LogP contribution in [-0.4, -0.2) is 42.9 Å². The van der Waals surface area contributed by atoms with E-state index in [1.807, 2.05) is 4.90 Å². The number of anilines is 1. The molecule has 0 aliphatic carbocycles. The van der Waals surface area contributed by atoms with Crippen molar-refractivity contribution in [3.8, 4) is 11.4 Å². The maximum absolute atomic E-state index is 13.1. The second-order valence-electron chi connectivity index (χ2n) is 6.85. The van der Waals surface area contributed by atoms with Crippen LogP contribution in [0.1, 0.15) is 24.7 Å². The standard InChI is InChI=1S/C19H19FN4O3S/c1-28(25,26)16-5-2-10-21-18(16)24-11-3-4-14(12-24)19-22-17(23-27-19)13-6-8-15(20)9-7-13/h2,5-10,14H,3-4,11-12H2,1H3. The lowest BCUT2D eigenvalue weighted by Gasteiger charge is -2.32. The first-order valence-electron chi connectivity index (χ1n) is 8.91. The predicted octanol–water partition coefficient (Wildman–Crippen LogP) is 3.06. The number of pyridine rings is 1. The molecule has 146 valence electrons. The normalized spacial score (nSPS) is 17.6. The van der Waals surface area contributed by atoms with Gasteiger partial charge in [0.2, 0.25) is 11.7 Å². The third kappa shape index (κ3) is 3.75. The number of nitrogens with zero attached hydrogens (tertiary/aromatic N) is 4. The Labute approximate surface area is 162 Å². The Morgan fingerprint density at radius 1 is 1.21 bits per heavy atom. The van der Waals surface area contributed by atoms with Crippen molar-refractivity contribution >= 4 is 15.7 Å². The van der Waals surface area contributed by atoms with Crippen LogP contribution in [0.3, 0.4) is 0 Å². The van der Waals surface area contributed by atoms with Crippen molar-refractivity contribution < 1.29 is 17.3 Å². The lowest BCUT2D eigenvalue weighted by atomic mass is 9.98. The number of halogens is 1. The van der Waals surface area contributed by atoms with Crippen LogP contribution in [-0.2, 0) is 9.84 Å². The molecule has 7 nitrogen and oxygen atoms in total. The van der Waals surface area contributed by atoms with Crippen LogP contribution in [0.4, 0.5) is 10.2 Å². The van der Waals surface area contributed by atoms with Crippen LogP contribution in [0.25, 0.3) is 11.4 Å². The SMILES string of the molecule is CS(=O)(=O)c1cccnc1N1CCCC(c2nc(-c3ccc(F)cc3)no2)C1. The quantitative estimate of drug-likeness (QED) is 0.662. The molecule has 1 aliphatic heterocycles. The molecule has 28 heavy (non-hydrogen) atoms. The van der Waals surface area contributed by atoms with Crippen molar-refractivity contribution in [1.29, 1.82) is 0 Å². The van der Waals surface area contributed by atoms with Crippen LogP contribution < -0.4 is 4.90 Å². The van der Waals surface area contributed by atoms with E-state index >= 15 is 0 Å². The zero-order valence-corrected chi connectivity index (χ0v) is 16.1. The van der Waals surface area contributed by atoms with Gasteiger partial charge in [-0.2, -0.15) is 4.98 Å². The average molecular weight is 402 g/mol. The number of hydrogen-bond donors (Lipinski definition) is 0. The van der Waals surface area contributed by atoms with Crippen molar-refractivity contribution in [1.82, 2.24) is 15.1 Å². The Hall–Kier alpha value is -2.81. The lowest BCUT2D eigenvalue weighted by molar-refractivity contribution is 0.333. The fraction of sp³-hybridized carbons (Fsp3) is 0.316. The van der Waals surface area contributed by atoms with E-state index in [0.717, 1.165) is 12.8 Å². The van der Waals surface area contributed by atoms with Gasteiger partial charge in [-0.1, -0.05) is 5.16 Å². The molecule has 1 atom stereocenters. The van der Waals surface area contributed by atoms with E-state index in [1.54, 1.807) is 30.5 Å². The summed E-state index contributed by atoms with van der Waals surface area (Å²) in [4.78, 5) is 10.9. The number of benzene rings is 1. The highest BCUT2D eigenvalue weighted by molar-refractivity contribution is 7.90. The van der Waals surface area contributed by atoms with Gasteiger partial charge in [-0.3, -0.25) is 0 Å². The molecule has 1 aliphatic rings. The number of hydrogen-bond acceptors (Lipinski definition) is 7. The summed E-state index contributed by atoms with van der Waals surface area (Å²) in [6, 6.07) is 9.09. The summed E-state index contributed by atoms with van der Waals surface area (Å²) in [5.74, 6) is 0.980. The Kier molecular flexibility index (Phi) is 4.84. The minimum Gasteiger partial charge on any atom is -0.355 e. The fourth-order valence-corrected chi connectivity index (χ4v) is 4.24. The summed E-state index contributed by atoms with van der Waals surface area (Å²) in [5.41, 5.74) is 0.674. The van der Waals surface area contributed by atoms with E-state index in [4.69, 9.17) is 4.52 Å². The minimum atomic E-state index is -3.39. The maximum atomic E-state index is 13.1. The molecule has 0 radical (unpaired) electrons. The Morgan fingerprint density at radius 2 is 2.00 bits per heavy atom. The van der Waals surface area contributed by atoms with Crippen molar-refractivity contribution in [3.05, 3.63) is 54.3 Å². The highest BCUT2D eigenvalue weighted by Gasteiger charge is 2.29. The monoisotopic (exact) mass is 402 g/mol. The first-order valence-corrected chi connectivity index (χ1v) is 10.8. The molecule has 0 saturated carbocycles. The van der Waals surface area contributed by atoms with Gasteiger partial charge in [0.15, 0.2) is 9.84 Å². The lowest BCUT2D eigenvalue weighted by Crippen LogP contribution is -2.36. The van der Waals surface area contributed by atoms with Gasteiger partial charge in [0.1, 0.15) is 16.5 Å². The number of sulfone groups is 1. The zero-order valence-electron chi connectivity index (χ0n) is 15.2. The molecule has 1 aromatic carbocycles. The van der Waals surface area contributed by atoms with Crippen LogP contribution in [0, 0.1) is 5.82 Å². The topological polar surface area (TPSA) is 89.2 Å². The zero-order chi connectivity index (χ0) is 19.7. The van der Waals surface area contributed by atoms with Crippen LogP contribution >= 0.6 is 0 Å². The van der Waals surface area contributed by atoms with Crippen molar-refractivity contribution in [2.75, 3.05) is 24.2 Å². The summed E-state index contributed by atoms with van der Waals surface area (Å²) in [6.45, 7) is 1.24. The molecule has 1 saturated heterocycles. The third-order valence-corrected chi connectivity index (χ3v) is 5.88. The predicted molar refractivity (Wildman–Crippen MR) is 101 cm³/mol. The largest absolute Gasteiger partial charge is 0.355 e. The Balaban J connectivity index is 1.58. The molecule has 0 bridgehead atoms. The highest BCUT2D eigenvalue weighted by Crippen LogP contribution is 2.32. The molecular formula is C19H19FN4O3S. The molecule has 1 unspecified atom stereocenters. The highest BCUT2D eigenvalue weighted by atomic mass is 32.2. The van der Waals surface area contributed by atoms with Gasteiger partial charge >= 0.3 is 0 Å². The fourth-order valence-electron chi connectivity index (χ4n) is 3.40. The maximum Gasteiger partial charge on any atom is 0.231 e. The first kappa shape index (κ1) is 18.5. The summed E-state index contributed by atoms with van der Waals surface area (Å²) in [7, 11) is -3.39. The summed E-state index contributed by atoms with van der Waals surface area (Å²) < 4.78 is 42.7. The summed E-state index contributed by atoms with van der Waals surface area (Å²) >= 11 is 0. The van der Waals surface area contributed by atoms with Gasteiger partial charge in [0.25, 0.3) is 0 Å². The van der Waals surface area contributed by atoms with E-state index < -0.39 is 9.84 Å². The van der Waals surface area contributed by atoms with Crippen molar-refractivity contribution in [2.24, 2.45) is 0 Å². The second-order valence-corrected chi connectivity index (χ2v) is 8.83. The molecule has 3 heterocycles. The van der Waals surface area contributed by atoms with Crippen molar-refractivity contribution in [2.45, 2.75) is 23.7 Å². The molecule has 3 aromatic rings. The average Bonchev–Trinajstić information content (AvgIpc) is 3.18. The van der Waals surface area contributed by atoms with Gasteiger partial charge in [0.05, 0.1) is 5.92 Å². The van der Waals surface area contributed by atoms with Gasteiger partial charge in [-0.15, -0.1) is 0 Å². The van der Waals surface area contributed by atoms with Crippen LogP contribution in [0.15, 0.2) is 52.0 Å². The van der Waals surface area contributed by atoms with Gasteiger partial charge in [-0.05, 0) is 49.2 Å². The summed E-state index contributed by atoms with van der Waals surface area (Å²) in [6.07, 6.45) is 4.47. The molecule has 0 N–H and O–H groups in total. The van der Waals surface area contributed by atoms with Gasteiger partial charge < -0.3 is 9.42 Å². The molecule has 0 amide bonds. The molecule has 0 spiro atoms.